The maximum Gasteiger partial charge on any atom is 0.220 e. The molecule has 0 saturated heterocycles. The zero-order valence-electron chi connectivity index (χ0n) is 19.4. The van der Waals surface area contributed by atoms with Gasteiger partial charge in [-0.3, -0.25) is 4.79 Å². The van der Waals surface area contributed by atoms with E-state index in [0.29, 0.717) is 48.0 Å². The first kappa shape index (κ1) is 24.1. The molecule has 0 radical (unpaired) electrons. The highest BCUT2D eigenvalue weighted by molar-refractivity contribution is 7.99. The topological polar surface area (TPSA) is 81.9 Å². The van der Waals surface area contributed by atoms with Gasteiger partial charge in [0.05, 0.1) is 18.7 Å². The molecular formula is C25H28FN5O2S. The van der Waals surface area contributed by atoms with E-state index in [1.807, 2.05) is 29.7 Å². The third-order valence-corrected chi connectivity index (χ3v) is 6.47. The van der Waals surface area contributed by atoms with Gasteiger partial charge in [-0.1, -0.05) is 41.6 Å². The summed E-state index contributed by atoms with van der Waals surface area (Å²) in [7, 11) is 1.61. The van der Waals surface area contributed by atoms with Crippen molar-refractivity contribution in [3.05, 3.63) is 59.4 Å². The van der Waals surface area contributed by atoms with E-state index in [4.69, 9.17) is 9.72 Å². The number of halogens is 1. The summed E-state index contributed by atoms with van der Waals surface area (Å²) in [6, 6.07) is 12.9. The molecule has 2 aromatic carbocycles. The predicted octanol–water partition coefficient (Wildman–Crippen LogP) is 4.50. The highest BCUT2D eigenvalue weighted by Gasteiger charge is 2.16. The Labute approximate surface area is 202 Å². The molecule has 0 fully saturated rings. The van der Waals surface area contributed by atoms with Gasteiger partial charge in [-0.2, -0.15) is 0 Å². The summed E-state index contributed by atoms with van der Waals surface area (Å²) in [5.41, 5.74) is 4.07. The number of amides is 1. The van der Waals surface area contributed by atoms with Gasteiger partial charge < -0.3 is 14.6 Å². The molecule has 1 amide bonds. The van der Waals surface area contributed by atoms with E-state index >= 15 is 0 Å². The number of thioether (sulfide) groups is 1. The monoisotopic (exact) mass is 481 g/mol. The van der Waals surface area contributed by atoms with Crippen LogP contribution in [0.25, 0.3) is 22.1 Å². The number of rotatable bonds is 11. The summed E-state index contributed by atoms with van der Waals surface area (Å²) in [6.45, 7) is 3.44. The number of unbranched alkanes of at least 4 members (excludes halogenated alkanes) is 1. The van der Waals surface area contributed by atoms with Crippen molar-refractivity contribution in [1.82, 2.24) is 25.1 Å². The molecule has 0 atom stereocenters. The number of ether oxygens (including phenoxy) is 1. The first-order valence-corrected chi connectivity index (χ1v) is 12.3. The van der Waals surface area contributed by atoms with Gasteiger partial charge in [-0.25, -0.2) is 9.37 Å². The van der Waals surface area contributed by atoms with E-state index in [1.165, 1.54) is 17.8 Å². The van der Waals surface area contributed by atoms with Crippen LogP contribution >= 0.6 is 11.8 Å². The molecule has 9 heteroatoms. The van der Waals surface area contributed by atoms with E-state index < -0.39 is 0 Å². The van der Waals surface area contributed by atoms with Crippen LogP contribution in [0.1, 0.15) is 30.4 Å². The Balaban J connectivity index is 1.49. The van der Waals surface area contributed by atoms with Crippen molar-refractivity contribution < 1.29 is 13.9 Å². The van der Waals surface area contributed by atoms with Crippen LogP contribution in [0.4, 0.5) is 4.39 Å². The molecule has 0 aliphatic heterocycles. The zero-order chi connectivity index (χ0) is 23.9. The average molecular weight is 482 g/mol. The molecule has 2 heterocycles. The Morgan fingerprint density at radius 3 is 2.85 bits per heavy atom. The maximum atomic E-state index is 14.4. The van der Waals surface area contributed by atoms with E-state index in [1.54, 1.807) is 19.2 Å². The van der Waals surface area contributed by atoms with E-state index in [2.05, 4.69) is 21.6 Å². The fraction of sp³-hybridized carbons (Fsp3) is 0.360. The average Bonchev–Trinajstić information content (AvgIpc) is 3.12. The number of nitrogens with zero attached hydrogens (tertiary/aromatic N) is 4. The molecule has 4 aromatic rings. The lowest BCUT2D eigenvalue weighted by molar-refractivity contribution is -0.121. The Bertz CT molecular complexity index is 1290. The molecule has 0 spiro atoms. The molecule has 0 unspecified atom stereocenters. The van der Waals surface area contributed by atoms with Crippen LogP contribution in [-0.2, 0) is 16.1 Å². The molecule has 4 rings (SSSR count). The molecule has 178 valence electrons. The highest BCUT2D eigenvalue weighted by Crippen LogP contribution is 2.29. The van der Waals surface area contributed by atoms with Crippen molar-refractivity contribution in [3.8, 4) is 0 Å². The molecule has 1 N–H and O–H groups in total. The van der Waals surface area contributed by atoms with Crippen molar-refractivity contribution in [2.24, 2.45) is 0 Å². The molecule has 0 bridgehead atoms. The predicted molar refractivity (Wildman–Crippen MR) is 133 cm³/mol. The number of aromatic nitrogens is 4. The fourth-order valence-corrected chi connectivity index (χ4v) is 4.59. The molecule has 0 aliphatic carbocycles. The van der Waals surface area contributed by atoms with Gasteiger partial charge in [0.25, 0.3) is 0 Å². The zero-order valence-corrected chi connectivity index (χ0v) is 20.2. The van der Waals surface area contributed by atoms with Crippen LogP contribution in [0.2, 0.25) is 0 Å². The lowest BCUT2D eigenvalue weighted by Crippen LogP contribution is -2.26. The summed E-state index contributed by atoms with van der Waals surface area (Å²) < 4.78 is 21.3. The number of aryl methyl sites for hydroxylation is 1. The van der Waals surface area contributed by atoms with E-state index in [-0.39, 0.29) is 11.7 Å². The Hall–Kier alpha value is -3.04. The normalized spacial score (nSPS) is 11.4. The van der Waals surface area contributed by atoms with Crippen molar-refractivity contribution in [3.63, 3.8) is 0 Å². The van der Waals surface area contributed by atoms with Crippen molar-refractivity contribution in [2.75, 3.05) is 26.0 Å². The fourth-order valence-electron chi connectivity index (χ4n) is 3.81. The molecular weight excluding hydrogens is 453 g/mol. The molecule has 0 aliphatic rings. The summed E-state index contributed by atoms with van der Waals surface area (Å²) in [5.74, 6) is 0.576. The van der Waals surface area contributed by atoms with Gasteiger partial charge in [-0.15, -0.1) is 10.2 Å². The number of hydrogen-bond donors (Lipinski definition) is 1. The Morgan fingerprint density at radius 2 is 2.03 bits per heavy atom. The first-order chi connectivity index (χ1) is 16.6. The van der Waals surface area contributed by atoms with Crippen LogP contribution in [0.15, 0.2) is 47.6 Å². The van der Waals surface area contributed by atoms with Crippen LogP contribution in [0.3, 0.4) is 0 Å². The van der Waals surface area contributed by atoms with Crippen LogP contribution in [0, 0.1) is 12.7 Å². The Morgan fingerprint density at radius 1 is 1.18 bits per heavy atom. The van der Waals surface area contributed by atoms with Crippen LogP contribution in [-0.4, -0.2) is 51.7 Å². The molecule has 2 aromatic heterocycles. The van der Waals surface area contributed by atoms with Crippen LogP contribution in [0.5, 0.6) is 0 Å². The van der Waals surface area contributed by atoms with Crippen molar-refractivity contribution >= 4 is 39.7 Å². The quantitative estimate of drug-likeness (QED) is 0.251. The van der Waals surface area contributed by atoms with Crippen LogP contribution < -0.4 is 5.32 Å². The lowest BCUT2D eigenvalue weighted by Gasteiger charge is -2.08. The summed E-state index contributed by atoms with van der Waals surface area (Å²) in [6.07, 6.45) is 2.13. The molecule has 0 saturated carbocycles. The van der Waals surface area contributed by atoms with E-state index in [9.17, 15) is 9.18 Å². The molecule has 34 heavy (non-hydrogen) atoms. The number of hydrogen-bond acceptors (Lipinski definition) is 6. The second-order valence-corrected chi connectivity index (χ2v) is 9.18. The lowest BCUT2D eigenvalue weighted by atomic mass is 10.1. The molecule has 7 nitrogen and oxygen atoms in total. The van der Waals surface area contributed by atoms with Gasteiger partial charge >= 0.3 is 0 Å². The van der Waals surface area contributed by atoms with Gasteiger partial charge in [-0.05, 0) is 38.0 Å². The highest BCUT2D eigenvalue weighted by atomic mass is 32.2. The summed E-state index contributed by atoms with van der Waals surface area (Å²) in [5, 5.41) is 13.2. The minimum atomic E-state index is -0.243. The Kier molecular flexibility index (Phi) is 8.08. The van der Waals surface area contributed by atoms with Crippen molar-refractivity contribution in [1.29, 1.82) is 0 Å². The second-order valence-electron chi connectivity index (χ2n) is 8.11. The van der Waals surface area contributed by atoms with Gasteiger partial charge in [0, 0.05) is 36.8 Å². The third-order valence-electron chi connectivity index (χ3n) is 5.55. The van der Waals surface area contributed by atoms with E-state index in [0.717, 1.165) is 35.1 Å². The smallest absolute Gasteiger partial charge is 0.220 e. The second kappa shape index (κ2) is 11.4. The number of carbonyl (C=O) groups excluding carboxylic acids is 1. The van der Waals surface area contributed by atoms with Gasteiger partial charge in [0.15, 0.2) is 5.65 Å². The maximum absolute atomic E-state index is 14.4. The number of fused-ring (bicyclic) bond motifs is 3. The first-order valence-electron chi connectivity index (χ1n) is 11.3. The minimum absolute atomic E-state index is 0.0364. The number of nitrogens with one attached hydrogen (secondary N) is 1. The number of methoxy groups -OCH3 is 1. The number of benzene rings is 2. The number of carbonyl (C=O) groups is 1. The minimum Gasteiger partial charge on any atom is -0.383 e. The van der Waals surface area contributed by atoms with Gasteiger partial charge in [0.1, 0.15) is 11.3 Å². The SMILES string of the molecule is COCCNC(=O)CCCCSc1nnc2c3cc(C)ccc3n(Cc3ccccc3F)c2n1. The summed E-state index contributed by atoms with van der Waals surface area (Å²) in [4.78, 5) is 16.6. The largest absolute Gasteiger partial charge is 0.383 e. The van der Waals surface area contributed by atoms with Crippen molar-refractivity contribution in [2.45, 2.75) is 37.9 Å². The third kappa shape index (κ3) is 5.71. The standard InChI is InChI=1S/C25H28FN5O2S/c1-17-10-11-21-19(15-17)23-24(31(21)16-18-7-3-4-8-20(18)26)28-25(30-29-23)34-14-6-5-9-22(32)27-12-13-33-2/h3-4,7-8,10-11,15H,5-6,9,12-14,16H2,1-2H3,(H,27,32). The van der Waals surface area contributed by atoms with Gasteiger partial charge in [0.2, 0.25) is 11.1 Å². The summed E-state index contributed by atoms with van der Waals surface area (Å²) >= 11 is 1.52.